The fourth-order valence-electron chi connectivity index (χ4n) is 2.01. The molecule has 104 valence electrons. The summed E-state index contributed by atoms with van der Waals surface area (Å²) >= 11 is 0. The largest absolute Gasteiger partial charge is 0.298 e. The van der Waals surface area contributed by atoms with Gasteiger partial charge in [-0.1, -0.05) is 0 Å². The fourth-order valence-corrected chi connectivity index (χ4v) is 2.01. The zero-order valence-electron chi connectivity index (χ0n) is 11.6. The Kier molecular flexibility index (Phi) is 3.23. The monoisotopic (exact) mass is 280 g/mol. The van der Waals surface area contributed by atoms with Crippen LogP contribution in [0.4, 0.5) is 0 Å². The molecular weight excluding hydrogens is 268 g/mol. The summed E-state index contributed by atoms with van der Waals surface area (Å²) in [5.74, 6) is 0.422. The minimum absolute atomic E-state index is 0.415. The first-order valence-corrected chi connectivity index (χ1v) is 6.31. The van der Waals surface area contributed by atoms with E-state index in [9.17, 15) is 4.79 Å². The van der Waals surface area contributed by atoms with Crippen molar-refractivity contribution < 1.29 is 4.79 Å². The molecule has 3 aromatic heterocycles. The van der Waals surface area contributed by atoms with Gasteiger partial charge in [0.1, 0.15) is 11.4 Å². The van der Waals surface area contributed by atoms with Gasteiger partial charge in [0.15, 0.2) is 6.29 Å². The zero-order chi connectivity index (χ0) is 14.8. The molecule has 0 fully saturated rings. The van der Waals surface area contributed by atoms with Crippen LogP contribution in [0, 0.1) is 13.8 Å². The van der Waals surface area contributed by atoms with Gasteiger partial charge in [-0.25, -0.2) is 14.6 Å². The van der Waals surface area contributed by atoms with E-state index in [1.54, 1.807) is 24.8 Å². The van der Waals surface area contributed by atoms with E-state index in [0.717, 1.165) is 17.7 Å². The number of rotatable bonds is 3. The van der Waals surface area contributed by atoms with Crippen molar-refractivity contribution >= 4 is 6.29 Å². The van der Waals surface area contributed by atoms with Gasteiger partial charge < -0.3 is 0 Å². The molecule has 0 aliphatic heterocycles. The van der Waals surface area contributed by atoms with Crippen LogP contribution in [0.15, 0.2) is 30.9 Å². The summed E-state index contributed by atoms with van der Waals surface area (Å²) in [5.41, 5.74) is 3.07. The molecule has 3 heterocycles. The van der Waals surface area contributed by atoms with Crippen molar-refractivity contribution in [3.63, 3.8) is 0 Å². The minimum atomic E-state index is 0.415. The van der Waals surface area contributed by atoms with Crippen LogP contribution in [-0.4, -0.2) is 36.0 Å². The maximum Gasteiger partial charge on any atom is 0.250 e. The van der Waals surface area contributed by atoms with Crippen LogP contribution in [0.2, 0.25) is 0 Å². The van der Waals surface area contributed by atoms with Gasteiger partial charge in [-0.05, 0) is 19.9 Å². The molecule has 0 saturated carbocycles. The molecule has 0 unspecified atom stereocenters. The molecule has 0 N–H and O–H groups in total. The molecule has 3 aromatic rings. The van der Waals surface area contributed by atoms with Crippen molar-refractivity contribution in [3.8, 4) is 17.3 Å². The van der Waals surface area contributed by atoms with E-state index in [2.05, 4.69) is 25.0 Å². The van der Waals surface area contributed by atoms with Crippen molar-refractivity contribution in [2.75, 3.05) is 0 Å². The number of nitrogens with zero attached hydrogens (tertiary/aromatic N) is 6. The summed E-state index contributed by atoms with van der Waals surface area (Å²) in [5, 5.41) is 4.36. The van der Waals surface area contributed by atoms with Gasteiger partial charge in [-0.15, -0.1) is 0 Å². The Morgan fingerprint density at radius 3 is 2.52 bits per heavy atom. The molecule has 0 aliphatic rings. The second kappa shape index (κ2) is 5.20. The van der Waals surface area contributed by atoms with Crippen LogP contribution in [-0.2, 0) is 0 Å². The molecule has 0 amide bonds. The Morgan fingerprint density at radius 2 is 1.90 bits per heavy atom. The van der Waals surface area contributed by atoms with E-state index in [4.69, 9.17) is 0 Å². The quantitative estimate of drug-likeness (QED) is 0.676. The van der Waals surface area contributed by atoms with Gasteiger partial charge in [0.25, 0.3) is 5.95 Å². The summed E-state index contributed by atoms with van der Waals surface area (Å²) < 4.78 is 1.48. The van der Waals surface area contributed by atoms with E-state index in [-0.39, 0.29) is 0 Å². The van der Waals surface area contributed by atoms with Crippen molar-refractivity contribution in [3.05, 3.63) is 47.8 Å². The highest BCUT2D eigenvalue weighted by atomic mass is 16.1. The molecule has 0 atom stereocenters. The lowest BCUT2D eigenvalue weighted by Crippen LogP contribution is -2.04. The fraction of sp³-hybridized carbons (Fsp3) is 0.143. The van der Waals surface area contributed by atoms with Gasteiger partial charge >= 0.3 is 0 Å². The predicted octanol–water partition coefficient (Wildman–Crippen LogP) is 1.55. The first-order valence-electron chi connectivity index (χ1n) is 6.31. The Morgan fingerprint density at radius 1 is 1.14 bits per heavy atom. The van der Waals surface area contributed by atoms with Gasteiger partial charge in [-0.2, -0.15) is 5.10 Å². The van der Waals surface area contributed by atoms with Crippen molar-refractivity contribution in [2.24, 2.45) is 0 Å². The normalized spacial score (nSPS) is 10.6. The van der Waals surface area contributed by atoms with Gasteiger partial charge in [0, 0.05) is 30.0 Å². The van der Waals surface area contributed by atoms with Crippen LogP contribution in [0.3, 0.4) is 0 Å². The molecule has 0 aromatic carbocycles. The third-order valence-corrected chi connectivity index (χ3v) is 2.85. The van der Waals surface area contributed by atoms with Crippen molar-refractivity contribution in [1.82, 2.24) is 29.7 Å². The number of carbonyl (C=O) groups excluding carboxylic acids is 1. The third-order valence-electron chi connectivity index (χ3n) is 2.85. The maximum absolute atomic E-state index is 11.2. The highest BCUT2D eigenvalue weighted by Crippen LogP contribution is 2.18. The molecule has 7 nitrogen and oxygen atoms in total. The Hall–Kier alpha value is -2.96. The average molecular weight is 280 g/mol. The average Bonchev–Trinajstić information content (AvgIpc) is 2.91. The highest BCUT2D eigenvalue weighted by Gasteiger charge is 2.14. The van der Waals surface area contributed by atoms with Gasteiger partial charge in [0.2, 0.25) is 0 Å². The lowest BCUT2D eigenvalue weighted by molar-refractivity contribution is 0.112. The second-order valence-corrected chi connectivity index (χ2v) is 4.54. The molecule has 0 spiro atoms. The molecule has 0 bridgehead atoms. The first kappa shape index (κ1) is 13.0. The predicted molar refractivity (Wildman–Crippen MR) is 75.0 cm³/mol. The van der Waals surface area contributed by atoms with Gasteiger partial charge in [-0.3, -0.25) is 14.8 Å². The zero-order valence-corrected chi connectivity index (χ0v) is 11.6. The van der Waals surface area contributed by atoms with Crippen LogP contribution >= 0.6 is 0 Å². The number of hydrogen-bond donors (Lipinski definition) is 0. The van der Waals surface area contributed by atoms with E-state index in [1.165, 1.54) is 4.68 Å². The Labute approximate surface area is 120 Å². The molecule has 7 heteroatoms. The SMILES string of the molecule is Cc1cc(C)nc(-n2cc(C=O)c(-c3cnccn3)n2)n1. The molecule has 3 rings (SSSR count). The van der Waals surface area contributed by atoms with E-state index < -0.39 is 0 Å². The highest BCUT2D eigenvalue weighted by molar-refractivity contribution is 5.84. The summed E-state index contributed by atoms with van der Waals surface area (Å²) in [7, 11) is 0. The minimum Gasteiger partial charge on any atom is -0.298 e. The number of aromatic nitrogens is 6. The molecule has 0 aliphatic carbocycles. The summed E-state index contributed by atoms with van der Waals surface area (Å²) in [4.78, 5) is 28.0. The smallest absolute Gasteiger partial charge is 0.250 e. The Bertz CT molecular complexity index is 776. The maximum atomic E-state index is 11.2. The van der Waals surface area contributed by atoms with Crippen LogP contribution in [0.25, 0.3) is 17.3 Å². The lowest BCUT2D eigenvalue weighted by atomic mass is 10.2. The first-order chi connectivity index (χ1) is 10.2. The van der Waals surface area contributed by atoms with Crippen molar-refractivity contribution in [2.45, 2.75) is 13.8 Å². The lowest BCUT2D eigenvalue weighted by Gasteiger charge is -2.02. The van der Waals surface area contributed by atoms with Crippen LogP contribution in [0.5, 0.6) is 0 Å². The molecule has 21 heavy (non-hydrogen) atoms. The summed E-state index contributed by atoms with van der Waals surface area (Å²) in [6, 6.07) is 1.87. The topological polar surface area (TPSA) is 86.5 Å². The number of carbonyl (C=O) groups is 1. The Balaban J connectivity index is 2.13. The summed E-state index contributed by atoms with van der Waals surface area (Å²) in [6.07, 6.45) is 6.99. The number of aldehydes is 1. The standard InChI is InChI=1S/C14H12N6O/c1-9-5-10(2)18-14(17-9)20-7-11(8-21)13(19-20)12-6-15-3-4-16-12/h3-8H,1-2H3. The van der Waals surface area contributed by atoms with Gasteiger partial charge in [0.05, 0.1) is 11.8 Å². The molecular formula is C14H12N6O. The van der Waals surface area contributed by atoms with Crippen LogP contribution < -0.4 is 0 Å². The van der Waals surface area contributed by atoms with E-state index >= 15 is 0 Å². The van der Waals surface area contributed by atoms with E-state index in [0.29, 0.717) is 22.9 Å². The van der Waals surface area contributed by atoms with Crippen molar-refractivity contribution in [1.29, 1.82) is 0 Å². The third kappa shape index (κ3) is 2.53. The number of hydrogen-bond acceptors (Lipinski definition) is 6. The second-order valence-electron chi connectivity index (χ2n) is 4.54. The summed E-state index contributed by atoms with van der Waals surface area (Å²) in [6.45, 7) is 3.76. The molecule has 0 radical (unpaired) electrons. The van der Waals surface area contributed by atoms with Crippen LogP contribution in [0.1, 0.15) is 21.7 Å². The molecule has 0 saturated heterocycles. The van der Waals surface area contributed by atoms with E-state index in [1.807, 2.05) is 19.9 Å². The number of aryl methyl sites for hydroxylation is 2.